The van der Waals surface area contributed by atoms with Crippen LogP contribution in [0.3, 0.4) is 0 Å². The molecule has 1 N–H and O–H groups in total. The summed E-state index contributed by atoms with van der Waals surface area (Å²) in [6.07, 6.45) is 3.90. The molecule has 168 valence electrons. The lowest BCUT2D eigenvalue weighted by Gasteiger charge is -2.29. The first kappa shape index (κ1) is 22.1. The Bertz CT molecular complexity index is 1140. The monoisotopic (exact) mass is 442 g/mol. The highest BCUT2D eigenvalue weighted by atomic mass is 16.5. The summed E-state index contributed by atoms with van der Waals surface area (Å²) in [6.45, 7) is 3.01. The van der Waals surface area contributed by atoms with E-state index < -0.39 is 0 Å². The summed E-state index contributed by atoms with van der Waals surface area (Å²) < 4.78 is 11.4. The van der Waals surface area contributed by atoms with Crippen molar-refractivity contribution in [2.75, 3.05) is 30.0 Å². The summed E-state index contributed by atoms with van der Waals surface area (Å²) in [4.78, 5) is 26.5. The van der Waals surface area contributed by atoms with Crippen LogP contribution in [0.5, 0.6) is 11.5 Å². The molecule has 1 aliphatic rings. The van der Waals surface area contributed by atoms with Crippen LogP contribution in [0.2, 0.25) is 0 Å². The van der Waals surface area contributed by atoms with E-state index in [-0.39, 0.29) is 18.4 Å². The lowest BCUT2D eigenvalue weighted by molar-refractivity contribution is -0.121. The van der Waals surface area contributed by atoms with E-state index in [9.17, 15) is 9.59 Å². The summed E-state index contributed by atoms with van der Waals surface area (Å²) in [5, 5.41) is 2.85. The number of anilines is 2. The van der Waals surface area contributed by atoms with Gasteiger partial charge in [0.15, 0.2) is 6.61 Å². The van der Waals surface area contributed by atoms with E-state index in [1.807, 2.05) is 61.5 Å². The number of fused-ring (bicyclic) bond motifs is 1. The third-order valence-corrected chi connectivity index (χ3v) is 5.21. The standard InChI is InChI=1S/C27H26N2O4/c1-20-8-12-23(13-9-20)32-17-5-16-29-24-18-22(11-14-25(24)33-19-27(29)31)28-26(30)15-10-21-6-3-2-4-7-21/h2-4,6-15,18H,5,16-17,19H2,1H3,(H,28,30)/b15-10+. The maximum absolute atomic E-state index is 12.5. The average molecular weight is 443 g/mol. The quantitative estimate of drug-likeness (QED) is 0.400. The van der Waals surface area contributed by atoms with Gasteiger partial charge in [0.05, 0.1) is 12.3 Å². The minimum Gasteiger partial charge on any atom is -0.494 e. The summed E-state index contributed by atoms with van der Waals surface area (Å²) in [7, 11) is 0. The molecule has 0 aromatic heterocycles. The number of amides is 2. The van der Waals surface area contributed by atoms with Gasteiger partial charge in [-0.2, -0.15) is 0 Å². The van der Waals surface area contributed by atoms with E-state index in [0.29, 0.717) is 36.7 Å². The molecular formula is C27H26N2O4. The Morgan fingerprint density at radius 1 is 1.09 bits per heavy atom. The van der Waals surface area contributed by atoms with Crippen molar-refractivity contribution in [2.45, 2.75) is 13.3 Å². The fraction of sp³-hybridized carbons (Fsp3) is 0.185. The van der Waals surface area contributed by atoms with Crippen molar-refractivity contribution in [3.8, 4) is 11.5 Å². The Hall–Kier alpha value is -4.06. The van der Waals surface area contributed by atoms with Crippen LogP contribution in [0.15, 0.2) is 78.9 Å². The third kappa shape index (κ3) is 6.01. The summed E-state index contributed by atoms with van der Waals surface area (Å²) in [5.41, 5.74) is 3.36. The number of benzene rings is 3. The van der Waals surface area contributed by atoms with E-state index in [0.717, 1.165) is 11.3 Å². The van der Waals surface area contributed by atoms with Gasteiger partial charge in [0.25, 0.3) is 5.91 Å². The van der Waals surface area contributed by atoms with Crippen LogP contribution in [0.1, 0.15) is 17.5 Å². The molecule has 0 saturated carbocycles. The van der Waals surface area contributed by atoms with Crippen molar-refractivity contribution < 1.29 is 19.1 Å². The molecule has 6 heteroatoms. The van der Waals surface area contributed by atoms with E-state index in [1.54, 1.807) is 29.2 Å². The maximum Gasteiger partial charge on any atom is 0.265 e. The molecule has 0 atom stereocenters. The topological polar surface area (TPSA) is 67.9 Å². The Balaban J connectivity index is 1.37. The van der Waals surface area contributed by atoms with Gasteiger partial charge in [-0.1, -0.05) is 48.0 Å². The molecular weight excluding hydrogens is 416 g/mol. The predicted octanol–water partition coefficient (Wildman–Crippen LogP) is 4.84. The van der Waals surface area contributed by atoms with Crippen molar-refractivity contribution in [1.29, 1.82) is 0 Å². The van der Waals surface area contributed by atoms with Gasteiger partial charge in [0.1, 0.15) is 11.5 Å². The second-order valence-corrected chi connectivity index (χ2v) is 7.76. The molecule has 33 heavy (non-hydrogen) atoms. The second-order valence-electron chi connectivity index (χ2n) is 7.76. The van der Waals surface area contributed by atoms with Crippen molar-refractivity contribution in [1.82, 2.24) is 0 Å². The smallest absolute Gasteiger partial charge is 0.265 e. The third-order valence-electron chi connectivity index (χ3n) is 5.21. The summed E-state index contributed by atoms with van der Waals surface area (Å²) in [5.74, 6) is 1.06. The van der Waals surface area contributed by atoms with Gasteiger partial charge in [-0.3, -0.25) is 9.59 Å². The fourth-order valence-electron chi connectivity index (χ4n) is 3.49. The zero-order chi connectivity index (χ0) is 23.0. The molecule has 0 saturated heterocycles. The SMILES string of the molecule is Cc1ccc(OCCCN2C(=O)COc3ccc(NC(=O)/C=C/c4ccccc4)cc32)cc1. The number of rotatable bonds is 8. The lowest BCUT2D eigenvalue weighted by Crippen LogP contribution is -2.39. The van der Waals surface area contributed by atoms with Crippen LogP contribution in [-0.4, -0.2) is 31.6 Å². The molecule has 3 aromatic carbocycles. The van der Waals surface area contributed by atoms with Crippen molar-refractivity contribution >= 4 is 29.3 Å². The van der Waals surface area contributed by atoms with Crippen molar-refractivity contribution in [3.05, 3.63) is 90.0 Å². The minimum absolute atomic E-state index is 0.00264. The number of nitrogens with one attached hydrogen (secondary N) is 1. The number of aryl methyl sites for hydroxylation is 1. The van der Waals surface area contributed by atoms with Gasteiger partial charge < -0.3 is 19.7 Å². The second kappa shape index (κ2) is 10.5. The van der Waals surface area contributed by atoms with Gasteiger partial charge in [-0.25, -0.2) is 0 Å². The molecule has 0 unspecified atom stereocenters. The Morgan fingerprint density at radius 3 is 2.67 bits per heavy atom. The Labute approximate surface area is 193 Å². The van der Waals surface area contributed by atoms with Crippen LogP contribution in [-0.2, 0) is 9.59 Å². The number of ether oxygens (including phenoxy) is 2. The van der Waals surface area contributed by atoms with E-state index >= 15 is 0 Å². The van der Waals surface area contributed by atoms with Crippen LogP contribution in [0.25, 0.3) is 6.08 Å². The normalized spacial score (nSPS) is 12.9. The van der Waals surface area contributed by atoms with Gasteiger partial charge in [-0.05, 0) is 55.3 Å². The first-order valence-corrected chi connectivity index (χ1v) is 10.9. The molecule has 2 amide bonds. The molecule has 1 heterocycles. The van der Waals surface area contributed by atoms with E-state index in [1.165, 1.54) is 11.6 Å². The molecule has 1 aliphatic heterocycles. The van der Waals surface area contributed by atoms with Gasteiger partial charge in [0, 0.05) is 18.3 Å². The first-order chi connectivity index (χ1) is 16.1. The average Bonchev–Trinajstić information content (AvgIpc) is 2.83. The largest absolute Gasteiger partial charge is 0.494 e. The van der Waals surface area contributed by atoms with Gasteiger partial charge in [-0.15, -0.1) is 0 Å². The predicted molar refractivity (Wildman–Crippen MR) is 130 cm³/mol. The molecule has 0 fully saturated rings. The molecule has 0 radical (unpaired) electrons. The van der Waals surface area contributed by atoms with Gasteiger partial charge >= 0.3 is 0 Å². The molecule has 4 rings (SSSR count). The maximum atomic E-state index is 12.5. The number of hydrogen-bond donors (Lipinski definition) is 1. The zero-order valence-corrected chi connectivity index (χ0v) is 18.5. The molecule has 0 aliphatic carbocycles. The minimum atomic E-state index is -0.250. The van der Waals surface area contributed by atoms with Crippen molar-refractivity contribution in [2.24, 2.45) is 0 Å². The first-order valence-electron chi connectivity index (χ1n) is 10.9. The number of nitrogens with zero attached hydrogens (tertiary/aromatic N) is 1. The zero-order valence-electron chi connectivity index (χ0n) is 18.5. The highest BCUT2D eigenvalue weighted by Crippen LogP contribution is 2.34. The summed E-state index contributed by atoms with van der Waals surface area (Å²) >= 11 is 0. The Kier molecular flexibility index (Phi) is 7.05. The summed E-state index contributed by atoms with van der Waals surface area (Å²) in [6, 6.07) is 22.8. The number of carbonyl (C=O) groups is 2. The fourth-order valence-corrected chi connectivity index (χ4v) is 3.49. The van der Waals surface area contributed by atoms with Crippen molar-refractivity contribution in [3.63, 3.8) is 0 Å². The Morgan fingerprint density at radius 2 is 1.88 bits per heavy atom. The number of carbonyl (C=O) groups excluding carboxylic acids is 2. The molecule has 0 spiro atoms. The molecule has 6 nitrogen and oxygen atoms in total. The van der Waals surface area contributed by atoms with Crippen LogP contribution < -0.4 is 19.7 Å². The van der Waals surface area contributed by atoms with E-state index in [2.05, 4.69) is 5.32 Å². The van der Waals surface area contributed by atoms with Crippen LogP contribution in [0, 0.1) is 6.92 Å². The molecule has 3 aromatic rings. The van der Waals surface area contributed by atoms with E-state index in [4.69, 9.17) is 9.47 Å². The number of hydrogen-bond acceptors (Lipinski definition) is 4. The highest BCUT2D eigenvalue weighted by molar-refractivity contribution is 6.03. The van der Waals surface area contributed by atoms with Gasteiger partial charge in [0.2, 0.25) is 5.91 Å². The highest BCUT2D eigenvalue weighted by Gasteiger charge is 2.25. The van der Waals surface area contributed by atoms with Crippen LogP contribution >= 0.6 is 0 Å². The van der Waals surface area contributed by atoms with Crippen LogP contribution in [0.4, 0.5) is 11.4 Å². The lowest BCUT2D eigenvalue weighted by atomic mass is 10.2. The molecule has 0 bridgehead atoms.